The Morgan fingerprint density at radius 2 is 1.60 bits per heavy atom. The van der Waals surface area contributed by atoms with Crippen LogP contribution < -0.4 is 10.6 Å². The smallest absolute Gasteiger partial charge is 0.251 e. The average Bonchev–Trinajstić information content (AvgIpc) is 2.60. The first-order valence-corrected chi connectivity index (χ1v) is 9.14. The molecule has 0 aromatic heterocycles. The van der Waals surface area contributed by atoms with E-state index < -0.39 is 17.8 Å². The predicted octanol–water partition coefficient (Wildman–Crippen LogP) is 3.94. The number of amides is 2. The molecule has 4 nitrogen and oxygen atoms in total. The van der Waals surface area contributed by atoms with Crippen LogP contribution in [0, 0.1) is 11.7 Å². The number of hydrogen-bond acceptors (Lipinski definition) is 3. The second-order valence-electron chi connectivity index (χ2n) is 5.92. The van der Waals surface area contributed by atoms with Crippen molar-refractivity contribution >= 4 is 29.3 Å². The molecule has 2 amide bonds. The molecule has 0 heterocycles. The molecule has 6 heteroatoms. The highest BCUT2D eigenvalue weighted by Crippen LogP contribution is 2.18. The zero-order valence-electron chi connectivity index (χ0n) is 14.4. The third-order valence-corrected chi connectivity index (χ3v) is 4.44. The maximum Gasteiger partial charge on any atom is 0.251 e. The number of carbonyl (C=O) groups is 2. The topological polar surface area (TPSA) is 58.2 Å². The van der Waals surface area contributed by atoms with Crippen LogP contribution in [-0.4, -0.2) is 24.1 Å². The molecule has 2 aromatic rings. The van der Waals surface area contributed by atoms with Crippen molar-refractivity contribution in [2.45, 2.75) is 24.8 Å². The normalized spacial score (nSPS) is 11.9. The highest BCUT2D eigenvalue weighted by Gasteiger charge is 2.24. The molecule has 132 valence electrons. The van der Waals surface area contributed by atoms with Crippen LogP contribution in [0.4, 0.5) is 10.1 Å². The maximum atomic E-state index is 13.0. The predicted molar refractivity (Wildman–Crippen MR) is 99.3 cm³/mol. The van der Waals surface area contributed by atoms with Crippen LogP contribution in [0.5, 0.6) is 0 Å². The molecule has 0 fully saturated rings. The van der Waals surface area contributed by atoms with Gasteiger partial charge < -0.3 is 10.6 Å². The summed E-state index contributed by atoms with van der Waals surface area (Å²) in [5, 5.41) is 5.53. The molecular formula is C19H21FN2O2S. The lowest BCUT2D eigenvalue weighted by atomic mass is 10.0. The van der Waals surface area contributed by atoms with Gasteiger partial charge in [-0.25, -0.2) is 4.39 Å². The van der Waals surface area contributed by atoms with E-state index in [9.17, 15) is 14.0 Å². The quantitative estimate of drug-likeness (QED) is 0.767. The monoisotopic (exact) mass is 360 g/mol. The van der Waals surface area contributed by atoms with Crippen molar-refractivity contribution in [1.29, 1.82) is 0 Å². The highest BCUT2D eigenvalue weighted by atomic mass is 32.2. The first-order valence-electron chi connectivity index (χ1n) is 7.92. The molecule has 2 aromatic carbocycles. The fourth-order valence-electron chi connectivity index (χ4n) is 2.26. The number of nitrogens with one attached hydrogen (secondary N) is 2. The van der Waals surface area contributed by atoms with Gasteiger partial charge in [0.2, 0.25) is 5.91 Å². The summed E-state index contributed by atoms with van der Waals surface area (Å²) >= 11 is 1.62. The summed E-state index contributed by atoms with van der Waals surface area (Å²) < 4.78 is 13.0. The zero-order valence-corrected chi connectivity index (χ0v) is 15.2. The molecule has 2 N–H and O–H groups in total. The Morgan fingerprint density at radius 3 is 2.12 bits per heavy atom. The summed E-state index contributed by atoms with van der Waals surface area (Å²) in [6, 6.07) is 12.0. The Balaban J connectivity index is 2.06. The van der Waals surface area contributed by atoms with Crippen LogP contribution in [0.25, 0.3) is 0 Å². The molecule has 0 saturated heterocycles. The number of anilines is 1. The van der Waals surface area contributed by atoms with Crippen LogP contribution in [-0.2, 0) is 4.79 Å². The average molecular weight is 360 g/mol. The number of carbonyl (C=O) groups excluding carboxylic acids is 2. The van der Waals surface area contributed by atoms with E-state index in [1.54, 1.807) is 11.8 Å². The third-order valence-electron chi connectivity index (χ3n) is 3.70. The largest absolute Gasteiger partial charge is 0.340 e. The van der Waals surface area contributed by atoms with Gasteiger partial charge >= 0.3 is 0 Å². The van der Waals surface area contributed by atoms with Crippen molar-refractivity contribution in [3.8, 4) is 0 Å². The van der Waals surface area contributed by atoms with Gasteiger partial charge in [-0.3, -0.25) is 9.59 Å². The van der Waals surface area contributed by atoms with Gasteiger partial charge in [0.05, 0.1) is 0 Å². The summed E-state index contributed by atoms with van der Waals surface area (Å²) in [4.78, 5) is 25.9. The number of rotatable bonds is 6. The Bertz CT molecular complexity index is 730. The van der Waals surface area contributed by atoms with E-state index >= 15 is 0 Å². The van der Waals surface area contributed by atoms with Gasteiger partial charge in [-0.05, 0) is 60.7 Å². The molecule has 0 spiro atoms. The van der Waals surface area contributed by atoms with Gasteiger partial charge in [-0.1, -0.05) is 13.8 Å². The van der Waals surface area contributed by atoms with Gasteiger partial charge in [-0.2, -0.15) is 0 Å². The van der Waals surface area contributed by atoms with Gasteiger partial charge in [0.25, 0.3) is 5.91 Å². The Hall–Kier alpha value is -2.34. The summed E-state index contributed by atoms with van der Waals surface area (Å²) in [5.41, 5.74) is 0.980. The van der Waals surface area contributed by atoms with E-state index in [1.165, 1.54) is 24.3 Å². The van der Waals surface area contributed by atoms with E-state index in [2.05, 4.69) is 10.6 Å². The van der Waals surface area contributed by atoms with Gasteiger partial charge in [0.15, 0.2) is 0 Å². The van der Waals surface area contributed by atoms with Crippen LogP contribution in [0.3, 0.4) is 0 Å². The van der Waals surface area contributed by atoms with Crippen LogP contribution in [0.1, 0.15) is 24.2 Å². The molecule has 0 aliphatic heterocycles. The van der Waals surface area contributed by atoms with Crippen molar-refractivity contribution in [3.63, 3.8) is 0 Å². The number of halogens is 1. The molecule has 2 rings (SSSR count). The van der Waals surface area contributed by atoms with Gasteiger partial charge in [0, 0.05) is 16.1 Å². The van der Waals surface area contributed by atoms with E-state index in [0.717, 1.165) is 4.90 Å². The summed E-state index contributed by atoms with van der Waals surface area (Å²) in [5.74, 6) is -1.22. The minimum atomic E-state index is -0.697. The van der Waals surface area contributed by atoms with Gasteiger partial charge in [0.1, 0.15) is 11.9 Å². The van der Waals surface area contributed by atoms with Crippen LogP contribution >= 0.6 is 11.8 Å². The Labute approximate surface area is 151 Å². The van der Waals surface area contributed by atoms with Gasteiger partial charge in [-0.15, -0.1) is 11.8 Å². The molecule has 0 bridgehead atoms. The van der Waals surface area contributed by atoms with Crippen molar-refractivity contribution in [2.24, 2.45) is 5.92 Å². The van der Waals surface area contributed by atoms with Crippen molar-refractivity contribution in [1.82, 2.24) is 5.32 Å². The first kappa shape index (κ1) is 19.0. The lowest BCUT2D eigenvalue weighted by Gasteiger charge is -2.22. The molecule has 0 radical (unpaired) electrons. The minimum Gasteiger partial charge on any atom is -0.340 e. The number of benzene rings is 2. The number of thioether (sulfide) groups is 1. The SMILES string of the molecule is CSc1ccc(NC(=O)[C@@H](NC(=O)c2ccc(F)cc2)C(C)C)cc1. The summed E-state index contributed by atoms with van der Waals surface area (Å²) in [7, 11) is 0. The molecule has 0 aliphatic rings. The summed E-state index contributed by atoms with van der Waals surface area (Å²) in [6.07, 6.45) is 1.98. The number of hydrogen-bond donors (Lipinski definition) is 2. The lowest BCUT2D eigenvalue weighted by Crippen LogP contribution is -2.47. The Kier molecular flexibility index (Phi) is 6.58. The zero-order chi connectivity index (χ0) is 18.4. The van der Waals surface area contributed by atoms with E-state index in [-0.39, 0.29) is 11.8 Å². The molecular weight excluding hydrogens is 339 g/mol. The second-order valence-corrected chi connectivity index (χ2v) is 6.80. The highest BCUT2D eigenvalue weighted by molar-refractivity contribution is 7.98. The van der Waals surface area contributed by atoms with E-state index in [0.29, 0.717) is 11.3 Å². The standard InChI is InChI=1S/C19H21FN2O2S/c1-12(2)17(22-18(23)13-4-6-14(20)7-5-13)19(24)21-15-8-10-16(25-3)11-9-15/h4-12,17H,1-3H3,(H,21,24)(H,22,23)/t17-/m0/s1. The first-order chi connectivity index (χ1) is 11.9. The minimum absolute atomic E-state index is 0.102. The van der Waals surface area contributed by atoms with Crippen LogP contribution in [0.15, 0.2) is 53.4 Å². The Morgan fingerprint density at radius 1 is 1.00 bits per heavy atom. The van der Waals surface area contributed by atoms with E-state index in [1.807, 2.05) is 44.4 Å². The molecule has 0 unspecified atom stereocenters. The third kappa shape index (κ3) is 5.32. The fourth-order valence-corrected chi connectivity index (χ4v) is 2.66. The second kappa shape index (κ2) is 8.67. The molecule has 0 saturated carbocycles. The van der Waals surface area contributed by atoms with E-state index in [4.69, 9.17) is 0 Å². The van der Waals surface area contributed by atoms with Crippen molar-refractivity contribution in [2.75, 3.05) is 11.6 Å². The maximum absolute atomic E-state index is 13.0. The summed E-state index contributed by atoms with van der Waals surface area (Å²) in [6.45, 7) is 3.71. The van der Waals surface area contributed by atoms with Crippen molar-refractivity contribution in [3.05, 3.63) is 59.9 Å². The molecule has 1 atom stereocenters. The fraction of sp³-hybridized carbons (Fsp3) is 0.263. The van der Waals surface area contributed by atoms with Crippen molar-refractivity contribution < 1.29 is 14.0 Å². The molecule has 0 aliphatic carbocycles. The lowest BCUT2D eigenvalue weighted by molar-refractivity contribution is -0.118. The molecule has 25 heavy (non-hydrogen) atoms. The van der Waals surface area contributed by atoms with Crippen LogP contribution in [0.2, 0.25) is 0 Å².